The van der Waals surface area contributed by atoms with Gasteiger partial charge in [0.2, 0.25) is 17.7 Å². The molecular formula is C15H24N4O7. The summed E-state index contributed by atoms with van der Waals surface area (Å²) in [5, 5.41) is 22.1. The topological polar surface area (TPSA) is 179 Å². The van der Waals surface area contributed by atoms with Crippen molar-refractivity contribution >= 4 is 29.7 Å². The zero-order valence-electron chi connectivity index (χ0n) is 14.4. The molecule has 3 atom stereocenters. The lowest BCUT2D eigenvalue weighted by molar-refractivity contribution is -0.143. The van der Waals surface area contributed by atoms with Gasteiger partial charge in [0, 0.05) is 13.0 Å². The van der Waals surface area contributed by atoms with Gasteiger partial charge in [-0.05, 0) is 26.2 Å². The van der Waals surface area contributed by atoms with Gasteiger partial charge in [-0.25, -0.2) is 4.79 Å². The quantitative estimate of drug-likeness (QED) is 0.304. The monoisotopic (exact) mass is 372 g/mol. The van der Waals surface area contributed by atoms with Crippen LogP contribution in [0.3, 0.4) is 0 Å². The van der Waals surface area contributed by atoms with E-state index in [-0.39, 0.29) is 12.3 Å². The molecule has 146 valence electrons. The summed E-state index contributed by atoms with van der Waals surface area (Å²) in [6.45, 7) is 1.44. The Bertz CT molecular complexity index is 578. The molecule has 0 saturated carbocycles. The summed E-state index contributed by atoms with van der Waals surface area (Å²) in [5.41, 5.74) is 5.55. The fourth-order valence-corrected chi connectivity index (χ4v) is 2.62. The van der Waals surface area contributed by atoms with E-state index in [1.165, 1.54) is 11.8 Å². The van der Waals surface area contributed by atoms with Gasteiger partial charge in [-0.1, -0.05) is 0 Å². The molecule has 0 aromatic carbocycles. The van der Waals surface area contributed by atoms with Gasteiger partial charge in [-0.2, -0.15) is 0 Å². The van der Waals surface area contributed by atoms with Gasteiger partial charge < -0.3 is 31.5 Å². The Morgan fingerprint density at radius 3 is 2.42 bits per heavy atom. The Hall–Kier alpha value is -2.69. The van der Waals surface area contributed by atoms with Gasteiger partial charge in [0.1, 0.15) is 12.1 Å². The predicted molar refractivity (Wildman–Crippen MR) is 87.8 cm³/mol. The Balaban J connectivity index is 2.52. The fraction of sp³-hybridized carbons (Fsp3) is 0.667. The minimum absolute atomic E-state index is 0.274. The molecule has 26 heavy (non-hydrogen) atoms. The lowest BCUT2D eigenvalue weighted by atomic mass is 10.1. The van der Waals surface area contributed by atoms with Gasteiger partial charge in [-0.15, -0.1) is 0 Å². The van der Waals surface area contributed by atoms with Crippen LogP contribution in [0.25, 0.3) is 0 Å². The van der Waals surface area contributed by atoms with Crippen LogP contribution in [0.4, 0.5) is 0 Å². The number of aliphatic carboxylic acids is 2. The van der Waals surface area contributed by atoms with E-state index in [1.807, 2.05) is 0 Å². The number of likely N-dealkylation sites (tertiary alicyclic amines) is 1. The van der Waals surface area contributed by atoms with E-state index in [0.717, 1.165) is 0 Å². The van der Waals surface area contributed by atoms with Crippen LogP contribution in [0.1, 0.15) is 32.6 Å². The first-order valence-electron chi connectivity index (χ1n) is 8.21. The SMILES string of the molecule is CC(N)C(=O)N1CCCC1C(=O)NCC(=O)NC(CCC(=O)O)C(=O)O. The van der Waals surface area contributed by atoms with Crippen molar-refractivity contribution in [2.45, 2.75) is 50.7 Å². The maximum atomic E-state index is 12.2. The average Bonchev–Trinajstić information content (AvgIpc) is 3.04. The fourth-order valence-electron chi connectivity index (χ4n) is 2.62. The average molecular weight is 372 g/mol. The highest BCUT2D eigenvalue weighted by atomic mass is 16.4. The van der Waals surface area contributed by atoms with Gasteiger partial charge >= 0.3 is 11.9 Å². The first kappa shape index (κ1) is 21.4. The van der Waals surface area contributed by atoms with Crippen LogP contribution in [0, 0.1) is 0 Å². The standard InChI is InChI=1S/C15H24N4O7/c1-8(16)14(24)19-6-2-3-10(19)13(23)17-7-11(20)18-9(15(25)26)4-5-12(21)22/h8-10H,2-7,16H2,1H3,(H,17,23)(H,18,20)(H,21,22)(H,25,26). The van der Waals surface area contributed by atoms with E-state index < -0.39 is 54.8 Å². The van der Waals surface area contributed by atoms with E-state index in [9.17, 15) is 24.0 Å². The maximum absolute atomic E-state index is 12.2. The van der Waals surface area contributed by atoms with Crippen molar-refractivity contribution in [3.8, 4) is 0 Å². The van der Waals surface area contributed by atoms with Gasteiger partial charge in [0.15, 0.2) is 0 Å². The van der Waals surface area contributed by atoms with Gasteiger partial charge in [0.05, 0.1) is 12.6 Å². The van der Waals surface area contributed by atoms with E-state index in [0.29, 0.717) is 19.4 Å². The van der Waals surface area contributed by atoms with E-state index in [1.54, 1.807) is 0 Å². The van der Waals surface area contributed by atoms with Crippen molar-refractivity contribution in [1.82, 2.24) is 15.5 Å². The molecule has 1 saturated heterocycles. The molecule has 11 heteroatoms. The Labute approximate surface area is 149 Å². The molecular weight excluding hydrogens is 348 g/mol. The molecule has 1 fully saturated rings. The number of nitrogens with two attached hydrogens (primary N) is 1. The number of nitrogens with zero attached hydrogens (tertiary/aromatic N) is 1. The van der Waals surface area contributed by atoms with Crippen molar-refractivity contribution in [2.75, 3.05) is 13.1 Å². The van der Waals surface area contributed by atoms with Crippen molar-refractivity contribution < 1.29 is 34.2 Å². The van der Waals surface area contributed by atoms with E-state index in [2.05, 4.69) is 10.6 Å². The smallest absolute Gasteiger partial charge is 0.326 e. The third-order valence-electron chi connectivity index (χ3n) is 3.93. The molecule has 1 rings (SSSR count). The molecule has 6 N–H and O–H groups in total. The number of amides is 3. The van der Waals surface area contributed by atoms with Crippen molar-refractivity contribution in [1.29, 1.82) is 0 Å². The van der Waals surface area contributed by atoms with E-state index >= 15 is 0 Å². The minimum Gasteiger partial charge on any atom is -0.481 e. The number of rotatable bonds is 9. The summed E-state index contributed by atoms with van der Waals surface area (Å²) < 4.78 is 0. The molecule has 1 aliphatic heterocycles. The van der Waals surface area contributed by atoms with Crippen LogP contribution in [-0.4, -0.2) is 76.0 Å². The molecule has 0 aliphatic carbocycles. The highest BCUT2D eigenvalue weighted by Crippen LogP contribution is 2.18. The Kier molecular flexibility index (Phi) is 7.97. The van der Waals surface area contributed by atoms with Crippen LogP contribution in [-0.2, 0) is 24.0 Å². The first-order valence-corrected chi connectivity index (χ1v) is 8.21. The number of carboxylic acid groups (broad SMARTS) is 2. The first-order chi connectivity index (χ1) is 12.1. The summed E-state index contributed by atoms with van der Waals surface area (Å²) in [4.78, 5) is 58.9. The summed E-state index contributed by atoms with van der Waals surface area (Å²) in [5.74, 6) is -4.19. The van der Waals surface area contributed by atoms with Crippen molar-refractivity contribution in [3.05, 3.63) is 0 Å². The minimum atomic E-state index is -1.37. The van der Waals surface area contributed by atoms with Crippen LogP contribution >= 0.6 is 0 Å². The zero-order chi connectivity index (χ0) is 19.9. The second-order valence-corrected chi connectivity index (χ2v) is 6.09. The van der Waals surface area contributed by atoms with Crippen molar-refractivity contribution in [3.63, 3.8) is 0 Å². The molecule has 0 bridgehead atoms. The molecule has 11 nitrogen and oxygen atoms in total. The maximum Gasteiger partial charge on any atom is 0.326 e. The predicted octanol–water partition coefficient (Wildman–Crippen LogP) is -2.12. The number of hydrogen-bond donors (Lipinski definition) is 5. The Morgan fingerprint density at radius 1 is 1.23 bits per heavy atom. The normalized spacial score (nSPS) is 18.7. The largest absolute Gasteiger partial charge is 0.481 e. The molecule has 0 aromatic rings. The van der Waals surface area contributed by atoms with Gasteiger partial charge in [0.25, 0.3) is 0 Å². The third-order valence-corrected chi connectivity index (χ3v) is 3.93. The molecule has 0 aromatic heterocycles. The zero-order valence-corrected chi connectivity index (χ0v) is 14.4. The molecule has 1 heterocycles. The molecule has 3 unspecified atom stereocenters. The number of nitrogens with one attached hydrogen (secondary N) is 2. The number of hydrogen-bond acceptors (Lipinski definition) is 6. The highest BCUT2D eigenvalue weighted by molar-refractivity contribution is 5.92. The number of carbonyl (C=O) groups excluding carboxylic acids is 3. The summed E-state index contributed by atoms with van der Waals surface area (Å²) in [6.07, 6.45) is 0.394. The third kappa shape index (κ3) is 6.31. The molecule has 0 spiro atoms. The second-order valence-electron chi connectivity index (χ2n) is 6.09. The summed E-state index contributed by atoms with van der Waals surface area (Å²) >= 11 is 0. The Morgan fingerprint density at radius 2 is 1.88 bits per heavy atom. The van der Waals surface area contributed by atoms with Crippen LogP contribution in [0.15, 0.2) is 0 Å². The molecule has 3 amide bonds. The van der Waals surface area contributed by atoms with Crippen LogP contribution < -0.4 is 16.4 Å². The molecule has 1 aliphatic rings. The molecule has 0 radical (unpaired) electrons. The van der Waals surface area contributed by atoms with Gasteiger partial charge in [-0.3, -0.25) is 19.2 Å². The summed E-state index contributed by atoms with van der Waals surface area (Å²) in [6, 6.07) is -2.82. The number of carboxylic acids is 2. The van der Waals surface area contributed by atoms with Crippen LogP contribution in [0.5, 0.6) is 0 Å². The second kappa shape index (κ2) is 9.70. The number of carbonyl (C=O) groups is 5. The lowest BCUT2D eigenvalue weighted by Gasteiger charge is -2.25. The van der Waals surface area contributed by atoms with E-state index in [4.69, 9.17) is 15.9 Å². The highest BCUT2D eigenvalue weighted by Gasteiger charge is 2.35. The van der Waals surface area contributed by atoms with Crippen LogP contribution in [0.2, 0.25) is 0 Å². The lowest BCUT2D eigenvalue weighted by Crippen LogP contribution is -2.52. The van der Waals surface area contributed by atoms with Crippen molar-refractivity contribution in [2.24, 2.45) is 5.73 Å². The summed E-state index contributed by atoms with van der Waals surface area (Å²) in [7, 11) is 0.